The van der Waals surface area contributed by atoms with Crippen LogP contribution in [0.4, 0.5) is 13.2 Å². The zero-order valence-corrected chi connectivity index (χ0v) is 12.0. The molecule has 1 aromatic rings. The largest absolute Gasteiger partial charge is 0.467 e. The van der Waals surface area contributed by atoms with Gasteiger partial charge in [0.05, 0.1) is 17.7 Å². The van der Waals surface area contributed by atoms with Crippen LogP contribution in [0.1, 0.15) is 12.5 Å². The second-order valence-corrected chi connectivity index (χ2v) is 5.01. The number of hydrogen-bond donors (Lipinski definition) is 1. The van der Waals surface area contributed by atoms with Crippen LogP contribution in [0.5, 0.6) is 0 Å². The summed E-state index contributed by atoms with van der Waals surface area (Å²) in [6.07, 6.45) is -3.73. The van der Waals surface area contributed by atoms with E-state index >= 15 is 0 Å². The van der Waals surface area contributed by atoms with Gasteiger partial charge in [-0.2, -0.15) is 13.2 Å². The molecule has 0 aromatic carbocycles. The number of carbonyl (C=O) groups excluding carboxylic acids is 2. The van der Waals surface area contributed by atoms with Crippen LogP contribution in [0.2, 0.25) is 0 Å². The molecule has 9 heteroatoms. The lowest BCUT2D eigenvalue weighted by Crippen LogP contribution is -2.42. The lowest BCUT2D eigenvalue weighted by atomic mass is 10.3. The number of ether oxygens (including phenoxy) is 1. The lowest BCUT2D eigenvalue weighted by molar-refractivity contribution is -0.144. The van der Waals surface area contributed by atoms with Crippen molar-refractivity contribution in [2.75, 3.05) is 12.9 Å². The summed E-state index contributed by atoms with van der Waals surface area (Å²) in [5.74, 6) is -0.944. The summed E-state index contributed by atoms with van der Waals surface area (Å²) in [7, 11) is 1.18. The number of amides is 1. The Balaban J connectivity index is 2.67. The summed E-state index contributed by atoms with van der Waals surface area (Å²) in [5.41, 5.74) is -0.849. The fraction of sp³-hybridized carbons (Fsp3) is 0.417. The van der Waals surface area contributed by atoms with Crippen molar-refractivity contribution in [3.8, 4) is 0 Å². The van der Waals surface area contributed by atoms with E-state index in [1.54, 1.807) is 0 Å². The van der Waals surface area contributed by atoms with Crippen LogP contribution in [-0.2, 0) is 20.5 Å². The first kappa shape index (κ1) is 17.3. The van der Waals surface area contributed by atoms with Crippen molar-refractivity contribution in [3.05, 3.63) is 23.9 Å². The van der Waals surface area contributed by atoms with Gasteiger partial charge in [-0.15, -0.1) is 11.8 Å². The molecule has 0 fully saturated rings. The Morgan fingerprint density at radius 2 is 2.10 bits per heavy atom. The smallest absolute Gasteiger partial charge is 0.417 e. The fourth-order valence-corrected chi connectivity index (χ4v) is 2.21. The van der Waals surface area contributed by atoms with Crippen molar-refractivity contribution in [2.45, 2.75) is 24.2 Å². The first-order valence-corrected chi connectivity index (χ1v) is 6.73. The number of aromatic nitrogens is 1. The number of hydrogen-bond acceptors (Lipinski definition) is 5. The molecule has 0 spiro atoms. The summed E-state index contributed by atoms with van der Waals surface area (Å²) < 4.78 is 41.6. The molecular formula is C12H13F3N2O3S. The Kier molecular flexibility index (Phi) is 6.01. The first-order chi connectivity index (χ1) is 9.74. The summed E-state index contributed by atoms with van der Waals surface area (Å²) in [6.45, 7) is 1.25. The average Bonchev–Trinajstić information content (AvgIpc) is 2.41. The van der Waals surface area contributed by atoms with Crippen LogP contribution in [0.3, 0.4) is 0 Å². The van der Waals surface area contributed by atoms with E-state index in [1.807, 2.05) is 0 Å². The topological polar surface area (TPSA) is 68.3 Å². The Hall–Kier alpha value is -1.77. The molecule has 5 nitrogen and oxygen atoms in total. The molecule has 0 saturated heterocycles. The molecule has 1 aromatic heterocycles. The van der Waals surface area contributed by atoms with Gasteiger partial charge in [0.1, 0.15) is 6.04 Å². The highest BCUT2D eigenvalue weighted by Crippen LogP contribution is 2.29. The van der Waals surface area contributed by atoms with Crippen LogP contribution in [0, 0.1) is 0 Å². The summed E-state index contributed by atoms with van der Waals surface area (Å²) in [4.78, 5) is 26.1. The highest BCUT2D eigenvalue weighted by atomic mass is 32.2. The SMILES string of the molecule is COC(=O)C(CSc1ccc(C(F)(F)F)cn1)NC(C)=O. The molecule has 1 rings (SSSR count). The Labute approximate surface area is 123 Å². The third-order valence-electron chi connectivity index (χ3n) is 2.32. The van der Waals surface area contributed by atoms with Gasteiger partial charge in [-0.3, -0.25) is 4.79 Å². The molecule has 1 unspecified atom stereocenters. The molecule has 0 bridgehead atoms. The molecule has 116 valence electrons. The predicted molar refractivity (Wildman–Crippen MR) is 69.6 cm³/mol. The third kappa shape index (κ3) is 5.62. The van der Waals surface area contributed by atoms with E-state index in [-0.39, 0.29) is 5.75 Å². The van der Waals surface area contributed by atoms with Gasteiger partial charge in [0.2, 0.25) is 5.91 Å². The van der Waals surface area contributed by atoms with E-state index in [1.165, 1.54) is 20.1 Å². The third-order valence-corrected chi connectivity index (χ3v) is 3.36. The van der Waals surface area contributed by atoms with Crippen molar-refractivity contribution in [1.29, 1.82) is 0 Å². The molecule has 0 aliphatic carbocycles. The number of esters is 1. The molecule has 21 heavy (non-hydrogen) atoms. The maximum atomic E-state index is 12.4. The minimum atomic E-state index is -4.44. The zero-order valence-electron chi connectivity index (χ0n) is 11.2. The van der Waals surface area contributed by atoms with Gasteiger partial charge in [0.25, 0.3) is 0 Å². The van der Waals surface area contributed by atoms with Gasteiger partial charge in [-0.1, -0.05) is 0 Å². The Morgan fingerprint density at radius 3 is 2.52 bits per heavy atom. The monoisotopic (exact) mass is 322 g/mol. The van der Waals surface area contributed by atoms with E-state index in [2.05, 4.69) is 15.0 Å². The molecule has 1 atom stereocenters. The predicted octanol–water partition coefficient (Wildman–Crippen LogP) is 1.87. The number of nitrogens with zero attached hydrogens (tertiary/aromatic N) is 1. The van der Waals surface area contributed by atoms with Crippen molar-refractivity contribution < 1.29 is 27.5 Å². The Morgan fingerprint density at radius 1 is 1.43 bits per heavy atom. The molecule has 1 heterocycles. The van der Waals surface area contributed by atoms with Crippen molar-refractivity contribution in [2.24, 2.45) is 0 Å². The molecule has 0 aliphatic rings. The van der Waals surface area contributed by atoms with Crippen LogP contribution < -0.4 is 5.32 Å². The van der Waals surface area contributed by atoms with Gasteiger partial charge in [0, 0.05) is 18.9 Å². The highest BCUT2D eigenvalue weighted by Gasteiger charge is 2.30. The van der Waals surface area contributed by atoms with Crippen LogP contribution in [0.25, 0.3) is 0 Å². The van der Waals surface area contributed by atoms with Gasteiger partial charge in [-0.05, 0) is 12.1 Å². The zero-order chi connectivity index (χ0) is 16.0. The molecular weight excluding hydrogens is 309 g/mol. The van der Waals surface area contributed by atoms with E-state index < -0.39 is 29.7 Å². The molecule has 0 aliphatic heterocycles. The van der Waals surface area contributed by atoms with Gasteiger partial charge in [-0.25, -0.2) is 9.78 Å². The highest BCUT2D eigenvalue weighted by molar-refractivity contribution is 7.99. The number of pyridine rings is 1. The number of halogens is 3. The Bertz CT molecular complexity index is 505. The number of alkyl halides is 3. The van der Waals surface area contributed by atoms with Crippen molar-refractivity contribution in [1.82, 2.24) is 10.3 Å². The van der Waals surface area contributed by atoms with Gasteiger partial charge >= 0.3 is 12.1 Å². The molecule has 1 N–H and O–H groups in total. The number of thioether (sulfide) groups is 1. The number of nitrogens with one attached hydrogen (secondary N) is 1. The average molecular weight is 322 g/mol. The van der Waals surface area contributed by atoms with Gasteiger partial charge < -0.3 is 10.1 Å². The van der Waals surface area contributed by atoms with Crippen LogP contribution in [-0.4, -0.2) is 35.8 Å². The van der Waals surface area contributed by atoms with Crippen LogP contribution >= 0.6 is 11.8 Å². The fourth-order valence-electron chi connectivity index (χ4n) is 1.36. The van der Waals surface area contributed by atoms with Crippen molar-refractivity contribution >= 4 is 23.6 Å². The molecule has 0 radical (unpaired) electrons. The number of methoxy groups -OCH3 is 1. The lowest BCUT2D eigenvalue weighted by Gasteiger charge is -2.14. The molecule has 1 amide bonds. The normalized spacial score (nSPS) is 12.6. The minimum absolute atomic E-state index is 0.102. The standard InChI is InChI=1S/C12H13F3N2O3S/c1-7(18)17-9(11(19)20-2)6-21-10-4-3-8(5-16-10)12(13,14)15/h3-5,9H,6H2,1-2H3,(H,17,18). The van der Waals surface area contributed by atoms with Gasteiger partial charge in [0.15, 0.2) is 0 Å². The summed E-state index contributed by atoms with van der Waals surface area (Å²) in [6, 6.07) is 1.22. The maximum Gasteiger partial charge on any atom is 0.417 e. The van der Waals surface area contributed by atoms with E-state index in [9.17, 15) is 22.8 Å². The first-order valence-electron chi connectivity index (χ1n) is 5.75. The number of carbonyl (C=O) groups is 2. The second-order valence-electron chi connectivity index (χ2n) is 3.97. The summed E-state index contributed by atoms with van der Waals surface area (Å²) in [5, 5.41) is 2.70. The second kappa shape index (κ2) is 7.30. The summed E-state index contributed by atoms with van der Waals surface area (Å²) >= 11 is 1.04. The quantitative estimate of drug-likeness (QED) is 0.662. The van der Waals surface area contributed by atoms with E-state index in [0.29, 0.717) is 11.2 Å². The molecule has 0 saturated carbocycles. The maximum absolute atomic E-state index is 12.4. The van der Waals surface area contributed by atoms with E-state index in [0.717, 1.165) is 17.8 Å². The number of rotatable bonds is 5. The van der Waals surface area contributed by atoms with Crippen molar-refractivity contribution in [3.63, 3.8) is 0 Å². The van der Waals surface area contributed by atoms with E-state index in [4.69, 9.17) is 0 Å². The minimum Gasteiger partial charge on any atom is -0.467 e. The van der Waals surface area contributed by atoms with Crippen LogP contribution in [0.15, 0.2) is 23.4 Å².